The molecule has 0 radical (unpaired) electrons. The topological polar surface area (TPSA) is 20.3 Å². The summed E-state index contributed by atoms with van der Waals surface area (Å²) in [5, 5.41) is 0. The Morgan fingerprint density at radius 1 is 1.56 bits per heavy atom. The molecule has 0 aliphatic carbocycles. The maximum absolute atomic E-state index is 12.3. The highest BCUT2D eigenvalue weighted by Gasteiger charge is 2.26. The van der Waals surface area contributed by atoms with Crippen LogP contribution in [0.1, 0.15) is 42.3 Å². The standard InChI is InChI=1S/C12H16ClNOS/c1-2-9-5-3-4-8-14(9)12(15)10-6-7-11(13)16-10/h6-7,9H,2-5,8H2,1H3. The van der Waals surface area contributed by atoms with Crippen LogP contribution in [0.5, 0.6) is 0 Å². The molecule has 1 aliphatic rings. The number of nitrogens with zero attached hydrogens (tertiary/aromatic N) is 1. The molecule has 1 amide bonds. The number of carbonyl (C=O) groups is 1. The first-order valence-electron chi connectivity index (χ1n) is 5.78. The maximum Gasteiger partial charge on any atom is 0.264 e. The van der Waals surface area contributed by atoms with Crippen molar-refractivity contribution >= 4 is 28.8 Å². The Bertz CT molecular complexity index is 377. The van der Waals surface area contributed by atoms with E-state index in [2.05, 4.69) is 6.92 Å². The molecule has 1 aromatic heterocycles. The zero-order valence-corrected chi connectivity index (χ0v) is 11.0. The van der Waals surface area contributed by atoms with Gasteiger partial charge >= 0.3 is 0 Å². The lowest BCUT2D eigenvalue weighted by Crippen LogP contribution is -2.43. The highest BCUT2D eigenvalue weighted by Crippen LogP contribution is 2.26. The molecule has 16 heavy (non-hydrogen) atoms. The van der Waals surface area contributed by atoms with Crippen LogP contribution in [0.25, 0.3) is 0 Å². The minimum Gasteiger partial charge on any atom is -0.335 e. The lowest BCUT2D eigenvalue weighted by molar-refractivity contribution is 0.0613. The van der Waals surface area contributed by atoms with Crippen LogP contribution in [0.2, 0.25) is 4.34 Å². The molecule has 1 saturated heterocycles. The number of hydrogen-bond acceptors (Lipinski definition) is 2. The Labute approximate surface area is 105 Å². The molecule has 1 aliphatic heterocycles. The molecule has 0 saturated carbocycles. The normalized spacial score (nSPS) is 21.1. The van der Waals surface area contributed by atoms with Crippen molar-refractivity contribution in [1.29, 1.82) is 0 Å². The van der Waals surface area contributed by atoms with E-state index in [0.29, 0.717) is 10.4 Å². The fourth-order valence-electron chi connectivity index (χ4n) is 2.26. The number of carbonyl (C=O) groups excluding carboxylic acids is 1. The molecule has 0 N–H and O–H groups in total. The van der Waals surface area contributed by atoms with Crippen LogP contribution in [-0.4, -0.2) is 23.4 Å². The van der Waals surface area contributed by atoms with E-state index < -0.39 is 0 Å². The van der Waals surface area contributed by atoms with Gasteiger partial charge in [0.15, 0.2) is 0 Å². The van der Waals surface area contributed by atoms with Gasteiger partial charge in [0.2, 0.25) is 0 Å². The van der Waals surface area contributed by atoms with Crippen molar-refractivity contribution < 1.29 is 4.79 Å². The smallest absolute Gasteiger partial charge is 0.264 e. The summed E-state index contributed by atoms with van der Waals surface area (Å²) in [6, 6.07) is 4.04. The van der Waals surface area contributed by atoms with Gasteiger partial charge in [-0.05, 0) is 37.8 Å². The van der Waals surface area contributed by atoms with Gasteiger partial charge in [0.05, 0.1) is 9.21 Å². The quantitative estimate of drug-likeness (QED) is 0.789. The van der Waals surface area contributed by atoms with Crippen LogP contribution in [0.3, 0.4) is 0 Å². The average molecular weight is 258 g/mol. The fraction of sp³-hybridized carbons (Fsp3) is 0.583. The van der Waals surface area contributed by atoms with Crippen LogP contribution < -0.4 is 0 Å². The number of piperidine rings is 1. The fourth-order valence-corrected chi connectivity index (χ4v) is 3.26. The highest BCUT2D eigenvalue weighted by molar-refractivity contribution is 7.17. The molecule has 1 aromatic rings. The second-order valence-electron chi connectivity index (χ2n) is 4.16. The summed E-state index contributed by atoms with van der Waals surface area (Å²) in [6.45, 7) is 3.05. The second-order valence-corrected chi connectivity index (χ2v) is 5.88. The summed E-state index contributed by atoms with van der Waals surface area (Å²) in [7, 11) is 0. The minimum absolute atomic E-state index is 0.156. The van der Waals surface area contributed by atoms with Crippen LogP contribution in [0.15, 0.2) is 12.1 Å². The van der Waals surface area contributed by atoms with E-state index in [1.807, 2.05) is 11.0 Å². The molecule has 0 spiro atoms. The van der Waals surface area contributed by atoms with Gasteiger partial charge in [0.25, 0.3) is 5.91 Å². The average Bonchev–Trinajstić information content (AvgIpc) is 2.75. The van der Waals surface area contributed by atoms with E-state index in [0.717, 1.165) is 30.7 Å². The zero-order valence-electron chi connectivity index (χ0n) is 9.41. The third-order valence-corrected chi connectivity index (χ3v) is 4.36. The largest absolute Gasteiger partial charge is 0.335 e. The zero-order chi connectivity index (χ0) is 11.5. The van der Waals surface area contributed by atoms with Crippen molar-refractivity contribution in [2.24, 2.45) is 0 Å². The molecule has 4 heteroatoms. The van der Waals surface area contributed by atoms with Crippen molar-refractivity contribution in [1.82, 2.24) is 4.90 Å². The number of likely N-dealkylation sites (tertiary alicyclic amines) is 1. The predicted octanol–water partition coefficient (Wildman–Crippen LogP) is 3.81. The van der Waals surface area contributed by atoms with Gasteiger partial charge < -0.3 is 4.90 Å². The number of thiophene rings is 1. The highest BCUT2D eigenvalue weighted by atomic mass is 35.5. The summed E-state index contributed by atoms with van der Waals surface area (Å²) < 4.78 is 0.688. The molecule has 0 aromatic carbocycles. The van der Waals surface area contributed by atoms with Crippen molar-refractivity contribution in [3.63, 3.8) is 0 Å². The molecule has 1 atom stereocenters. The minimum atomic E-state index is 0.156. The number of rotatable bonds is 2. The summed E-state index contributed by atoms with van der Waals surface area (Å²) in [5.74, 6) is 0.156. The van der Waals surface area contributed by atoms with Crippen molar-refractivity contribution in [3.8, 4) is 0 Å². The number of hydrogen-bond donors (Lipinski definition) is 0. The molecule has 1 unspecified atom stereocenters. The first-order chi connectivity index (χ1) is 7.72. The van der Waals surface area contributed by atoms with Gasteiger partial charge in [-0.3, -0.25) is 4.79 Å². The van der Waals surface area contributed by atoms with Crippen LogP contribution >= 0.6 is 22.9 Å². The molecule has 0 bridgehead atoms. The Morgan fingerprint density at radius 2 is 2.38 bits per heavy atom. The van der Waals surface area contributed by atoms with Gasteiger partial charge in [-0.1, -0.05) is 18.5 Å². The van der Waals surface area contributed by atoms with Crippen LogP contribution in [0.4, 0.5) is 0 Å². The van der Waals surface area contributed by atoms with Crippen molar-refractivity contribution in [3.05, 3.63) is 21.3 Å². The van der Waals surface area contributed by atoms with E-state index >= 15 is 0 Å². The Morgan fingerprint density at radius 3 is 3.00 bits per heavy atom. The molecular weight excluding hydrogens is 242 g/mol. The monoisotopic (exact) mass is 257 g/mol. The first kappa shape index (κ1) is 11.9. The van der Waals surface area contributed by atoms with E-state index in [9.17, 15) is 4.79 Å². The maximum atomic E-state index is 12.3. The van der Waals surface area contributed by atoms with E-state index in [-0.39, 0.29) is 5.91 Å². The predicted molar refractivity (Wildman–Crippen MR) is 68.3 cm³/mol. The van der Waals surface area contributed by atoms with Gasteiger partial charge in [-0.15, -0.1) is 11.3 Å². The first-order valence-corrected chi connectivity index (χ1v) is 6.98. The molecule has 2 nitrogen and oxygen atoms in total. The summed E-state index contributed by atoms with van der Waals surface area (Å²) in [4.78, 5) is 15.0. The molecule has 2 heterocycles. The number of amides is 1. The third-order valence-electron chi connectivity index (χ3n) is 3.14. The van der Waals surface area contributed by atoms with Crippen molar-refractivity contribution in [2.75, 3.05) is 6.54 Å². The molecule has 2 rings (SSSR count). The summed E-state index contributed by atoms with van der Waals surface area (Å²) in [6.07, 6.45) is 4.56. The van der Waals surface area contributed by atoms with Gasteiger partial charge in [0.1, 0.15) is 0 Å². The SMILES string of the molecule is CCC1CCCCN1C(=O)c1ccc(Cl)s1. The van der Waals surface area contributed by atoms with E-state index in [1.54, 1.807) is 6.07 Å². The van der Waals surface area contributed by atoms with E-state index in [1.165, 1.54) is 17.8 Å². The second kappa shape index (κ2) is 5.19. The molecule has 1 fully saturated rings. The Hall–Kier alpha value is -0.540. The third kappa shape index (κ3) is 2.41. The molecule has 88 valence electrons. The van der Waals surface area contributed by atoms with Gasteiger partial charge in [-0.25, -0.2) is 0 Å². The summed E-state index contributed by atoms with van der Waals surface area (Å²) in [5.41, 5.74) is 0. The Kier molecular flexibility index (Phi) is 3.87. The lowest BCUT2D eigenvalue weighted by Gasteiger charge is -2.34. The van der Waals surface area contributed by atoms with Crippen LogP contribution in [0, 0.1) is 0 Å². The van der Waals surface area contributed by atoms with Gasteiger partial charge in [-0.2, -0.15) is 0 Å². The summed E-state index contributed by atoms with van der Waals surface area (Å²) >= 11 is 7.24. The Balaban J connectivity index is 2.13. The van der Waals surface area contributed by atoms with Gasteiger partial charge in [0, 0.05) is 12.6 Å². The number of halogens is 1. The lowest BCUT2D eigenvalue weighted by atomic mass is 10.00. The molecular formula is C12H16ClNOS. The van der Waals surface area contributed by atoms with Crippen molar-refractivity contribution in [2.45, 2.75) is 38.6 Å². The van der Waals surface area contributed by atoms with E-state index in [4.69, 9.17) is 11.6 Å². The van der Waals surface area contributed by atoms with Crippen LogP contribution in [-0.2, 0) is 0 Å².